The van der Waals surface area contributed by atoms with Gasteiger partial charge in [-0.15, -0.1) is 6.42 Å². The summed E-state index contributed by atoms with van der Waals surface area (Å²) in [7, 11) is 0. The van der Waals surface area contributed by atoms with E-state index in [0.29, 0.717) is 6.04 Å². The van der Waals surface area contributed by atoms with Gasteiger partial charge in [-0.1, -0.05) is 5.92 Å². The van der Waals surface area contributed by atoms with Crippen LogP contribution in [0.5, 0.6) is 0 Å². The van der Waals surface area contributed by atoms with Gasteiger partial charge in [0.25, 0.3) is 0 Å². The predicted molar refractivity (Wildman–Crippen MR) is 58.0 cm³/mol. The molecule has 1 aliphatic heterocycles. The van der Waals surface area contributed by atoms with Crippen molar-refractivity contribution in [3.8, 4) is 12.3 Å². The second-order valence-corrected chi connectivity index (χ2v) is 3.79. The van der Waals surface area contributed by atoms with Crippen molar-refractivity contribution in [1.82, 2.24) is 10.2 Å². The summed E-state index contributed by atoms with van der Waals surface area (Å²) < 4.78 is 0. The molecule has 0 aromatic carbocycles. The third-order valence-electron chi connectivity index (χ3n) is 2.67. The molecule has 1 aliphatic rings. The van der Waals surface area contributed by atoms with Crippen LogP contribution in [0.4, 0.5) is 0 Å². The molecule has 1 heterocycles. The molecule has 3 nitrogen and oxygen atoms in total. The van der Waals surface area contributed by atoms with Crippen LogP contribution < -0.4 is 5.32 Å². The highest BCUT2D eigenvalue weighted by molar-refractivity contribution is 4.90. The van der Waals surface area contributed by atoms with Crippen LogP contribution in [-0.4, -0.2) is 48.8 Å². The van der Waals surface area contributed by atoms with Gasteiger partial charge >= 0.3 is 0 Å². The summed E-state index contributed by atoms with van der Waals surface area (Å²) in [5, 5.41) is 12.1. The SMILES string of the molecule is C#CCN1CCC(NCCCO)CC1. The second kappa shape index (κ2) is 6.83. The van der Waals surface area contributed by atoms with E-state index in [0.717, 1.165) is 32.6 Å². The number of hydrogen-bond acceptors (Lipinski definition) is 3. The molecule has 0 aromatic heterocycles. The average Bonchev–Trinajstić information content (AvgIpc) is 2.21. The molecule has 2 N–H and O–H groups in total. The molecule has 0 atom stereocenters. The molecule has 0 amide bonds. The fraction of sp³-hybridized carbons (Fsp3) is 0.818. The van der Waals surface area contributed by atoms with E-state index >= 15 is 0 Å². The smallest absolute Gasteiger partial charge is 0.0598 e. The molecular formula is C11H20N2O. The summed E-state index contributed by atoms with van der Waals surface area (Å²) in [6, 6.07) is 0.621. The lowest BCUT2D eigenvalue weighted by molar-refractivity contribution is 0.213. The van der Waals surface area contributed by atoms with Crippen molar-refractivity contribution in [1.29, 1.82) is 0 Å². The Morgan fingerprint density at radius 3 is 2.71 bits per heavy atom. The van der Waals surface area contributed by atoms with E-state index in [1.54, 1.807) is 0 Å². The third-order valence-corrected chi connectivity index (χ3v) is 2.67. The lowest BCUT2D eigenvalue weighted by Crippen LogP contribution is -2.42. The van der Waals surface area contributed by atoms with Crippen LogP contribution in [0.3, 0.4) is 0 Å². The number of piperidine rings is 1. The molecule has 0 radical (unpaired) electrons. The lowest BCUT2D eigenvalue weighted by Gasteiger charge is -2.31. The maximum atomic E-state index is 8.64. The molecule has 3 heteroatoms. The molecule has 1 fully saturated rings. The fourth-order valence-electron chi connectivity index (χ4n) is 1.81. The summed E-state index contributed by atoms with van der Waals surface area (Å²) in [5.74, 6) is 2.68. The number of nitrogens with one attached hydrogen (secondary N) is 1. The minimum atomic E-state index is 0.281. The highest BCUT2D eigenvalue weighted by atomic mass is 16.3. The van der Waals surface area contributed by atoms with Gasteiger partial charge in [-0.25, -0.2) is 0 Å². The van der Waals surface area contributed by atoms with Gasteiger partial charge < -0.3 is 10.4 Å². The Labute approximate surface area is 86.5 Å². The highest BCUT2D eigenvalue weighted by Gasteiger charge is 2.17. The van der Waals surface area contributed by atoms with Crippen molar-refractivity contribution in [2.75, 3.05) is 32.8 Å². The van der Waals surface area contributed by atoms with E-state index < -0.39 is 0 Å². The number of aliphatic hydroxyl groups is 1. The van der Waals surface area contributed by atoms with Crippen molar-refractivity contribution < 1.29 is 5.11 Å². The van der Waals surface area contributed by atoms with Crippen molar-refractivity contribution in [3.63, 3.8) is 0 Å². The zero-order valence-corrected chi connectivity index (χ0v) is 8.71. The van der Waals surface area contributed by atoms with Gasteiger partial charge in [0.2, 0.25) is 0 Å². The predicted octanol–water partition coefficient (Wildman–Crippen LogP) is 0.0560. The van der Waals surface area contributed by atoms with Gasteiger partial charge in [0, 0.05) is 25.7 Å². The Kier molecular flexibility index (Phi) is 5.62. The van der Waals surface area contributed by atoms with Gasteiger partial charge in [0.15, 0.2) is 0 Å². The maximum absolute atomic E-state index is 8.64. The van der Waals surface area contributed by atoms with E-state index in [-0.39, 0.29) is 6.61 Å². The van der Waals surface area contributed by atoms with E-state index in [1.165, 1.54) is 12.8 Å². The Bertz CT molecular complexity index is 180. The van der Waals surface area contributed by atoms with Crippen LogP contribution in [0.25, 0.3) is 0 Å². The summed E-state index contributed by atoms with van der Waals surface area (Å²) in [6.07, 6.45) is 8.46. The first-order valence-electron chi connectivity index (χ1n) is 5.37. The van der Waals surface area contributed by atoms with E-state index in [1.807, 2.05) is 0 Å². The number of rotatable bonds is 5. The molecule has 14 heavy (non-hydrogen) atoms. The summed E-state index contributed by atoms with van der Waals surface area (Å²) in [4.78, 5) is 2.31. The van der Waals surface area contributed by atoms with Gasteiger partial charge in [-0.3, -0.25) is 4.90 Å². The van der Waals surface area contributed by atoms with Crippen LogP contribution in [0, 0.1) is 12.3 Å². The lowest BCUT2D eigenvalue weighted by atomic mass is 10.1. The molecule has 0 unspecified atom stereocenters. The van der Waals surface area contributed by atoms with Crippen molar-refractivity contribution in [2.24, 2.45) is 0 Å². The number of aliphatic hydroxyl groups excluding tert-OH is 1. The third kappa shape index (κ3) is 4.10. The quantitative estimate of drug-likeness (QED) is 0.482. The zero-order valence-electron chi connectivity index (χ0n) is 8.71. The summed E-state index contributed by atoms with van der Waals surface area (Å²) in [5.41, 5.74) is 0. The second-order valence-electron chi connectivity index (χ2n) is 3.79. The van der Waals surface area contributed by atoms with E-state index in [4.69, 9.17) is 11.5 Å². The molecule has 1 saturated heterocycles. The van der Waals surface area contributed by atoms with Crippen LogP contribution in [0.2, 0.25) is 0 Å². The highest BCUT2D eigenvalue weighted by Crippen LogP contribution is 2.09. The fourth-order valence-corrected chi connectivity index (χ4v) is 1.81. The van der Waals surface area contributed by atoms with Crippen molar-refractivity contribution in [2.45, 2.75) is 25.3 Å². The largest absolute Gasteiger partial charge is 0.396 e. The normalized spacial score (nSPS) is 19.4. The number of nitrogens with zero attached hydrogens (tertiary/aromatic N) is 1. The molecular weight excluding hydrogens is 176 g/mol. The van der Waals surface area contributed by atoms with Crippen molar-refractivity contribution in [3.05, 3.63) is 0 Å². The first-order chi connectivity index (χ1) is 6.86. The number of terminal acetylenes is 1. The molecule has 0 saturated carbocycles. The van der Waals surface area contributed by atoms with Crippen LogP contribution in [0.1, 0.15) is 19.3 Å². The van der Waals surface area contributed by atoms with Crippen LogP contribution >= 0.6 is 0 Å². The van der Waals surface area contributed by atoms with Gasteiger partial charge in [0.05, 0.1) is 6.54 Å². The number of hydrogen-bond donors (Lipinski definition) is 2. The monoisotopic (exact) mass is 196 g/mol. The average molecular weight is 196 g/mol. The van der Waals surface area contributed by atoms with Gasteiger partial charge in [0.1, 0.15) is 0 Å². The first kappa shape index (κ1) is 11.5. The minimum Gasteiger partial charge on any atom is -0.396 e. The molecule has 0 bridgehead atoms. The molecule has 0 spiro atoms. The van der Waals surface area contributed by atoms with Gasteiger partial charge in [-0.05, 0) is 25.8 Å². The Hall–Kier alpha value is -0.560. The van der Waals surface area contributed by atoms with Gasteiger partial charge in [-0.2, -0.15) is 0 Å². The summed E-state index contributed by atoms with van der Waals surface area (Å²) in [6.45, 7) is 4.19. The Morgan fingerprint density at radius 1 is 1.43 bits per heavy atom. The van der Waals surface area contributed by atoms with E-state index in [9.17, 15) is 0 Å². The number of likely N-dealkylation sites (tertiary alicyclic amines) is 1. The van der Waals surface area contributed by atoms with Crippen LogP contribution in [0.15, 0.2) is 0 Å². The topological polar surface area (TPSA) is 35.5 Å². The van der Waals surface area contributed by atoms with Crippen molar-refractivity contribution >= 4 is 0 Å². The Balaban J connectivity index is 2.07. The molecule has 0 aliphatic carbocycles. The standard InChI is InChI=1S/C11H20N2O/c1-2-7-13-8-4-11(5-9-13)12-6-3-10-14/h1,11-12,14H,3-10H2. The zero-order chi connectivity index (χ0) is 10.2. The molecule has 1 rings (SSSR count). The van der Waals surface area contributed by atoms with Crippen LogP contribution in [-0.2, 0) is 0 Å². The molecule has 0 aromatic rings. The summed E-state index contributed by atoms with van der Waals surface area (Å²) >= 11 is 0. The Morgan fingerprint density at radius 2 is 2.14 bits per heavy atom. The first-order valence-corrected chi connectivity index (χ1v) is 5.37. The minimum absolute atomic E-state index is 0.281. The maximum Gasteiger partial charge on any atom is 0.0598 e. The van der Waals surface area contributed by atoms with E-state index in [2.05, 4.69) is 16.1 Å². The molecule has 80 valence electrons.